The Bertz CT molecular complexity index is 476. The van der Waals surface area contributed by atoms with Crippen LogP contribution in [0.25, 0.3) is 5.52 Å². The molecule has 0 bridgehead atoms. The van der Waals surface area contributed by atoms with Gasteiger partial charge < -0.3 is 0 Å². The van der Waals surface area contributed by atoms with Crippen LogP contribution in [0.1, 0.15) is 18.4 Å². The van der Waals surface area contributed by atoms with E-state index < -0.39 is 0 Å². The van der Waals surface area contributed by atoms with E-state index in [1.165, 1.54) is 0 Å². The first kappa shape index (κ1) is 7.81. The van der Waals surface area contributed by atoms with Crippen LogP contribution < -0.4 is 0 Å². The van der Waals surface area contributed by atoms with Crippen molar-refractivity contribution in [3.63, 3.8) is 0 Å². The highest BCUT2D eigenvalue weighted by atomic mass is 15.2. The lowest BCUT2D eigenvalue weighted by Crippen LogP contribution is -2.01. The molecule has 0 saturated carbocycles. The van der Waals surface area contributed by atoms with Crippen LogP contribution in [0.2, 0.25) is 0 Å². The zero-order chi connectivity index (χ0) is 9.26. The lowest BCUT2D eigenvalue weighted by molar-refractivity contribution is 0.806. The SMILES string of the molecule is C#Cc1ccc2cnc(CC)nn12. The van der Waals surface area contributed by atoms with Crippen molar-refractivity contribution in [2.45, 2.75) is 13.3 Å². The molecule has 0 aliphatic rings. The third kappa shape index (κ3) is 1.17. The van der Waals surface area contributed by atoms with Crippen molar-refractivity contribution in [2.24, 2.45) is 0 Å². The van der Waals surface area contributed by atoms with Gasteiger partial charge in [0.2, 0.25) is 0 Å². The Morgan fingerprint density at radius 1 is 1.54 bits per heavy atom. The molecular formula is C10H9N3. The Hall–Kier alpha value is -1.82. The lowest BCUT2D eigenvalue weighted by Gasteiger charge is -1.97. The van der Waals surface area contributed by atoms with Crippen LogP contribution in [0, 0.1) is 12.3 Å². The highest BCUT2D eigenvalue weighted by Crippen LogP contribution is 2.06. The fourth-order valence-corrected chi connectivity index (χ4v) is 1.21. The summed E-state index contributed by atoms with van der Waals surface area (Å²) in [7, 11) is 0. The molecule has 0 aliphatic carbocycles. The summed E-state index contributed by atoms with van der Waals surface area (Å²) in [6, 6.07) is 3.78. The van der Waals surface area contributed by atoms with Crippen molar-refractivity contribution >= 4 is 5.52 Å². The van der Waals surface area contributed by atoms with Crippen molar-refractivity contribution in [1.82, 2.24) is 14.6 Å². The quantitative estimate of drug-likeness (QED) is 0.605. The molecule has 0 aromatic carbocycles. The third-order valence-electron chi connectivity index (χ3n) is 1.91. The van der Waals surface area contributed by atoms with E-state index in [9.17, 15) is 0 Å². The maximum absolute atomic E-state index is 5.32. The molecule has 0 N–H and O–H groups in total. The van der Waals surface area contributed by atoms with E-state index in [1.807, 2.05) is 19.1 Å². The monoisotopic (exact) mass is 171 g/mol. The number of aromatic nitrogens is 3. The van der Waals surface area contributed by atoms with Crippen LogP contribution in [0.3, 0.4) is 0 Å². The minimum Gasteiger partial charge on any atom is -0.237 e. The van der Waals surface area contributed by atoms with Crippen molar-refractivity contribution in [1.29, 1.82) is 0 Å². The zero-order valence-electron chi connectivity index (χ0n) is 7.36. The lowest BCUT2D eigenvalue weighted by atomic mass is 10.4. The first-order valence-corrected chi connectivity index (χ1v) is 4.15. The van der Waals surface area contributed by atoms with Gasteiger partial charge in [0.15, 0.2) is 0 Å². The van der Waals surface area contributed by atoms with Crippen molar-refractivity contribution in [2.75, 3.05) is 0 Å². The molecule has 3 nitrogen and oxygen atoms in total. The number of nitrogens with zero attached hydrogens (tertiary/aromatic N) is 3. The molecule has 2 aromatic heterocycles. The van der Waals surface area contributed by atoms with Gasteiger partial charge in [-0.1, -0.05) is 12.8 Å². The van der Waals surface area contributed by atoms with Crippen molar-refractivity contribution < 1.29 is 0 Å². The minimum atomic E-state index is 0.770. The molecule has 2 rings (SSSR count). The first-order valence-electron chi connectivity index (χ1n) is 4.15. The molecule has 2 aromatic rings. The molecule has 0 spiro atoms. The topological polar surface area (TPSA) is 30.2 Å². The Morgan fingerprint density at radius 3 is 3.08 bits per heavy atom. The average Bonchev–Trinajstić information content (AvgIpc) is 2.59. The van der Waals surface area contributed by atoms with Crippen LogP contribution in [0.15, 0.2) is 18.3 Å². The van der Waals surface area contributed by atoms with Crippen molar-refractivity contribution in [3.8, 4) is 12.3 Å². The molecule has 0 atom stereocenters. The predicted octanol–water partition coefficient (Wildman–Crippen LogP) is 1.27. The number of hydrogen-bond acceptors (Lipinski definition) is 2. The highest BCUT2D eigenvalue weighted by Gasteiger charge is 2.01. The molecule has 64 valence electrons. The molecule has 0 saturated heterocycles. The van der Waals surface area contributed by atoms with Gasteiger partial charge >= 0.3 is 0 Å². The minimum absolute atomic E-state index is 0.770. The average molecular weight is 171 g/mol. The number of hydrogen-bond donors (Lipinski definition) is 0. The van der Waals surface area contributed by atoms with Gasteiger partial charge in [0, 0.05) is 6.42 Å². The molecule has 0 amide bonds. The number of rotatable bonds is 1. The molecule has 2 heterocycles. The molecule has 0 fully saturated rings. The van der Waals surface area contributed by atoms with E-state index in [-0.39, 0.29) is 0 Å². The normalized spacial score (nSPS) is 10.2. The van der Waals surface area contributed by atoms with E-state index in [0.29, 0.717) is 0 Å². The summed E-state index contributed by atoms with van der Waals surface area (Å²) < 4.78 is 1.74. The van der Waals surface area contributed by atoms with Gasteiger partial charge in [-0.2, -0.15) is 5.10 Å². The number of terminal acetylenes is 1. The van der Waals surface area contributed by atoms with Crippen LogP contribution in [0.4, 0.5) is 0 Å². The van der Waals surface area contributed by atoms with Gasteiger partial charge in [-0.3, -0.25) is 0 Å². The van der Waals surface area contributed by atoms with E-state index in [4.69, 9.17) is 6.42 Å². The van der Waals surface area contributed by atoms with Crippen molar-refractivity contribution in [3.05, 3.63) is 29.8 Å². The summed E-state index contributed by atoms with van der Waals surface area (Å²) >= 11 is 0. The van der Waals surface area contributed by atoms with Crippen LogP contribution in [-0.4, -0.2) is 14.6 Å². The zero-order valence-corrected chi connectivity index (χ0v) is 7.36. The van der Waals surface area contributed by atoms with Gasteiger partial charge in [0.25, 0.3) is 0 Å². The summed E-state index contributed by atoms with van der Waals surface area (Å²) in [6.07, 6.45) is 7.92. The summed E-state index contributed by atoms with van der Waals surface area (Å²) in [4.78, 5) is 4.17. The summed E-state index contributed by atoms with van der Waals surface area (Å²) in [5.74, 6) is 3.38. The highest BCUT2D eigenvalue weighted by molar-refractivity contribution is 5.49. The Kier molecular flexibility index (Phi) is 1.75. The van der Waals surface area contributed by atoms with E-state index in [1.54, 1.807) is 10.7 Å². The van der Waals surface area contributed by atoms with E-state index >= 15 is 0 Å². The second-order valence-corrected chi connectivity index (χ2v) is 2.73. The Labute approximate surface area is 76.4 Å². The predicted molar refractivity (Wildman–Crippen MR) is 50.3 cm³/mol. The summed E-state index contributed by atoms with van der Waals surface area (Å²) in [5.41, 5.74) is 1.71. The standard InChI is InChI=1S/C10H9N3/c1-3-8-5-6-9-7-11-10(4-2)12-13(8)9/h1,5-7H,4H2,2H3. The fraction of sp³-hybridized carbons (Fsp3) is 0.200. The molecule has 0 radical (unpaired) electrons. The van der Waals surface area contributed by atoms with Crippen LogP contribution in [-0.2, 0) is 6.42 Å². The molecular weight excluding hydrogens is 162 g/mol. The van der Waals surface area contributed by atoms with E-state index in [2.05, 4.69) is 16.0 Å². The van der Waals surface area contributed by atoms with Gasteiger partial charge in [-0.15, -0.1) is 6.42 Å². The molecule has 13 heavy (non-hydrogen) atoms. The van der Waals surface area contributed by atoms with Gasteiger partial charge in [0.1, 0.15) is 11.5 Å². The van der Waals surface area contributed by atoms with Crippen LogP contribution in [0.5, 0.6) is 0 Å². The molecule has 0 aliphatic heterocycles. The van der Waals surface area contributed by atoms with Gasteiger partial charge in [0.05, 0.1) is 11.7 Å². The molecule has 3 heteroatoms. The fourth-order valence-electron chi connectivity index (χ4n) is 1.21. The maximum Gasteiger partial charge on any atom is 0.148 e. The van der Waals surface area contributed by atoms with Gasteiger partial charge in [-0.25, -0.2) is 9.50 Å². The molecule has 0 unspecified atom stereocenters. The second kappa shape index (κ2) is 2.91. The summed E-state index contributed by atoms with van der Waals surface area (Å²) in [6.45, 7) is 2.01. The Morgan fingerprint density at radius 2 is 2.38 bits per heavy atom. The third-order valence-corrected chi connectivity index (χ3v) is 1.91. The largest absolute Gasteiger partial charge is 0.237 e. The Balaban J connectivity index is 2.73. The van der Waals surface area contributed by atoms with Crippen LogP contribution >= 0.6 is 0 Å². The maximum atomic E-state index is 5.32. The number of aryl methyl sites for hydroxylation is 1. The smallest absolute Gasteiger partial charge is 0.148 e. The van der Waals surface area contributed by atoms with E-state index in [0.717, 1.165) is 23.5 Å². The first-order chi connectivity index (χ1) is 6.35. The number of fused-ring (bicyclic) bond motifs is 1. The second-order valence-electron chi connectivity index (χ2n) is 2.73. The summed E-state index contributed by atoms with van der Waals surface area (Å²) in [5, 5.41) is 4.29. The van der Waals surface area contributed by atoms with Gasteiger partial charge in [-0.05, 0) is 12.1 Å².